The maximum atomic E-state index is 4.68. The monoisotopic (exact) mass is 234 g/mol. The van der Waals surface area contributed by atoms with E-state index in [1.54, 1.807) is 0 Å². The van der Waals surface area contributed by atoms with Gasteiger partial charge in [0.1, 0.15) is 0 Å². The van der Waals surface area contributed by atoms with Crippen molar-refractivity contribution < 1.29 is 0 Å². The standard InChI is InChI=1S/C15H26N2/c1-5-11-16-15(13(6-2)7-3)14-10-8-9-12(4)17-14/h8-10,13,15-16H,5-7,11H2,1-4H3. The predicted octanol–water partition coefficient (Wildman–Crippen LogP) is 3.87. The Morgan fingerprint density at radius 3 is 2.41 bits per heavy atom. The molecule has 0 saturated carbocycles. The Kier molecular flexibility index (Phi) is 6.20. The lowest BCUT2D eigenvalue weighted by Gasteiger charge is -2.26. The Balaban J connectivity index is 2.88. The second-order valence-corrected chi connectivity index (χ2v) is 4.71. The lowest BCUT2D eigenvalue weighted by molar-refractivity contribution is 0.335. The topological polar surface area (TPSA) is 24.9 Å². The number of hydrogen-bond acceptors (Lipinski definition) is 2. The van der Waals surface area contributed by atoms with Crippen LogP contribution in [-0.4, -0.2) is 11.5 Å². The van der Waals surface area contributed by atoms with E-state index in [2.05, 4.69) is 56.2 Å². The Hall–Kier alpha value is -0.890. The van der Waals surface area contributed by atoms with Gasteiger partial charge in [-0.15, -0.1) is 0 Å². The molecule has 1 atom stereocenters. The van der Waals surface area contributed by atoms with Gasteiger partial charge >= 0.3 is 0 Å². The number of nitrogens with one attached hydrogen (secondary N) is 1. The highest BCUT2D eigenvalue weighted by atomic mass is 14.9. The van der Waals surface area contributed by atoms with Crippen LogP contribution in [0.1, 0.15) is 57.5 Å². The number of rotatable bonds is 7. The van der Waals surface area contributed by atoms with Crippen molar-refractivity contribution in [2.45, 2.75) is 53.0 Å². The van der Waals surface area contributed by atoms with Crippen molar-refractivity contribution in [3.8, 4) is 0 Å². The molecule has 2 heteroatoms. The van der Waals surface area contributed by atoms with E-state index in [0.29, 0.717) is 12.0 Å². The first-order valence-electron chi connectivity index (χ1n) is 6.89. The van der Waals surface area contributed by atoms with Gasteiger partial charge in [-0.1, -0.05) is 39.7 Å². The zero-order chi connectivity index (χ0) is 12.7. The highest BCUT2D eigenvalue weighted by Gasteiger charge is 2.20. The van der Waals surface area contributed by atoms with E-state index < -0.39 is 0 Å². The van der Waals surface area contributed by atoms with Crippen LogP contribution in [0.5, 0.6) is 0 Å². The largest absolute Gasteiger partial charge is 0.308 e. The molecule has 1 heterocycles. The van der Waals surface area contributed by atoms with Crippen LogP contribution in [-0.2, 0) is 0 Å². The average molecular weight is 234 g/mol. The molecule has 0 saturated heterocycles. The van der Waals surface area contributed by atoms with Crippen LogP contribution in [0.15, 0.2) is 18.2 Å². The molecule has 17 heavy (non-hydrogen) atoms. The first kappa shape index (κ1) is 14.2. The maximum Gasteiger partial charge on any atom is 0.0579 e. The molecule has 1 aromatic rings. The highest BCUT2D eigenvalue weighted by Crippen LogP contribution is 2.26. The molecule has 2 nitrogen and oxygen atoms in total. The van der Waals surface area contributed by atoms with Gasteiger partial charge in [0, 0.05) is 5.69 Å². The molecule has 0 aromatic carbocycles. The first-order valence-corrected chi connectivity index (χ1v) is 6.89. The molecule has 0 spiro atoms. The number of aromatic nitrogens is 1. The molecule has 0 aliphatic heterocycles. The second kappa shape index (κ2) is 7.44. The van der Waals surface area contributed by atoms with E-state index in [0.717, 1.165) is 12.2 Å². The van der Waals surface area contributed by atoms with Gasteiger partial charge < -0.3 is 5.32 Å². The average Bonchev–Trinajstić information content (AvgIpc) is 2.34. The van der Waals surface area contributed by atoms with Crippen molar-refractivity contribution in [3.05, 3.63) is 29.6 Å². The fourth-order valence-corrected chi connectivity index (χ4v) is 2.31. The van der Waals surface area contributed by atoms with E-state index in [9.17, 15) is 0 Å². The molecule has 1 unspecified atom stereocenters. The summed E-state index contributed by atoms with van der Waals surface area (Å²) in [6.07, 6.45) is 3.57. The zero-order valence-corrected chi connectivity index (χ0v) is 11.7. The molecular weight excluding hydrogens is 208 g/mol. The Labute approximate surface area is 106 Å². The highest BCUT2D eigenvalue weighted by molar-refractivity contribution is 5.14. The van der Waals surface area contributed by atoms with E-state index in [1.807, 2.05) is 0 Å². The van der Waals surface area contributed by atoms with Crippen molar-refractivity contribution in [3.63, 3.8) is 0 Å². The summed E-state index contributed by atoms with van der Waals surface area (Å²) in [6, 6.07) is 6.73. The molecule has 0 bridgehead atoms. The SMILES string of the molecule is CCCNC(c1cccc(C)n1)C(CC)CC. The summed E-state index contributed by atoms with van der Waals surface area (Å²) >= 11 is 0. The first-order chi connectivity index (χ1) is 8.22. The van der Waals surface area contributed by atoms with Crippen LogP contribution in [0.4, 0.5) is 0 Å². The Morgan fingerprint density at radius 1 is 1.18 bits per heavy atom. The maximum absolute atomic E-state index is 4.68. The second-order valence-electron chi connectivity index (χ2n) is 4.71. The minimum atomic E-state index is 0.407. The lowest BCUT2D eigenvalue weighted by atomic mass is 9.91. The summed E-state index contributed by atoms with van der Waals surface area (Å²) in [5.74, 6) is 0.677. The number of nitrogens with zero attached hydrogens (tertiary/aromatic N) is 1. The zero-order valence-electron chi connectivity index (χ0n) is 11.7. The molecule has 0 amide bonds. The van der Waals surface area contributed by atoms with Crippen molar-refractivity contribution in [1.29, 1.82) is 0 Å². The van der Waals surface area contributed by atoms with Crippen LogP contribution in [0, 0.1) is 12.8 Å². The lowest BCUT2D eigenvalue weighted by Crippen LogP contribution is -2.29. The number of pyridine rings is 1. The molecule has 1 N–H and O–H groups in total. The third kappa shape index (κ3) is 4.12. The molecule has 0 aliphatic rings. The smallest absolute Gasteiger partial charge is 0.0579 e. The fraction of sp³-hybridized carbons (Fsp3) is 0.667. The summed E-state index contributed by atoms with van der Waals surface area (Å²) < 4.78 is 0. The summed E-state index contributed by atoms with van der Waals surface area (Å²) in [5.41, 5.74) is 2.31. The van der Waals surface area contributed by atoms with Crippen LogP contribution in [0.25, 0.3) is 0 Å². The van der Waals surface area contributed by atoms with Crippen molar-refractivity contribution in [2.24, 2.45) is 5.92 Å². The predicted molar refractivity (Wildman–Crippen MR) is 74.1 cm³/mol. The summed E-state index contributed by atoms with van der Waals surface area (Å²) in [7, 11) is 0. The van der Waals surface area contributed by atoms with Gasteiger partial charge in [-0.2, -0.15) is 0 Å². The van der Waals surface area contributed by atoms with Crippen LogP contribution in [0.3, 0.4) is 0 Å². The minimum Gasteiger partial charge on any atom is -0.308 e. The van der Waals surface area contributed by atoms with Gasteiger partial charge in [-0.25, -0.2) is 0 Å². The van der Waals surface area contributed by atoms with E-state index in [-0.39, 0.29) is 0 Å². The van der Waals surface area contributed by atoms with Crippen LogP contribution >= 0.6 is 0 Å². The summed E-state index contributed by atoms with van der Waals surface area (Å²) in [6.45, 7) is 9.87. The van der Waals surface area contributed by atoms with E-state index in [4.69, 9.17) is 0 Å². The molecule has 0 radical (unpaired) electrons. The molecule has 96 valence electrons. The molecular formula is C15H26N2. The van der Waals surface area contributed by atoms with Crippen molar-refractivity contribution in [1.82, 2.24) is 10.3 Å². The summed E-state index contributed by atoms with van der Waals surface area (Å²) in [5, 5.41) is 3.65. The Bertz CT molecular complexity index is 318. The molecule has 0 aliphatic carbocycles. The molecule has 1 aromatic heterocycles. The summed E-state index contributed by atoms with van der Waals surface area (Å²) in [4.78, 5) is 4.68. The fourth-order valence-electron chi connectivity index (χ4n) is 2.31. The Morgan fingerprint density at radius 2 is 1.88 bits per heavy atom. The van der Waals surface area contributed by atoms with E-state index in [1.165, 1.54) is 25.0 Å². The van der Waals surface area contributed by atoms with Crippen molar-refractivity contribution >= 4 is 0 Å². The van der Waals surface area contributed by atoms with Gasteiger partial charge in [0.25, 0.3) is 0 Å². The third-order valence-electron chi connectivity index (χ3n) is 3.36. The third-order valence-corrected chi connectivity index (χ3v) is 3.36. The van der Waals surface area contributed by atoms with Crippen LogP contribution in [0.2, 0.25) is 0 Å². The number of hydrogen-bond donors (Lipinski definition) is 1. The quantitative estimate of drug-likeness (QED) is 0.774. The van der Waals surface area contributed by atoms with Gasteiger partial charge in [0.15, 0.2) is 0 Å². The van der Waals surface area contributed by atoms with Crippen LogP contribution < -0.4 is 5.32 Å². The van der Waals surface area contributed by atoms with Gasteiger partial charge in [0.05, 0.1) is 11.7 Å². The van der Waals surface area contributed by atoms with Crippen molar-refractivity contribution in [2.75, 3.05) is 6.54 Å². The number of aryl methyl sites for hydroxylation is 1. The van der Waals surface area contributed by atoms with Gasteiger partial charge in [-0.05, 0) is 37.9 Å². The van der Waals surface area contributed by atoms with Gasteiger partial charge in [-0.3, -0.25) is 4.98 Å². The van der Waals surface area contributed by atoms with E-state index >= 15 is 0 Å². The normalized spacial score (nSPS) is 13.0. The molecule has 0 fully saturated rings. The molecule has 1 rings (SSSR count). The van der Waals surface area contributed by atoms with Gasteiger partial charge in [0.2, 0.25) is 0 Å². The minimum absolute atomic E-state index is 0.407.